The molecule has 0 aliphatic carbocycles. The van der Waals surface area contributed by atoms with Crippen molar-refractivity contribution < 1.29 is 0 Å². The molecule has 0 N–H and O–H groups in total. The van der Waals surface area contributed by atoms with Crippen LogP contribution in [0.1, 0.15) is 57.8 Å². The van der Waals surface area contributed by atoms with E-state index in [2.05, 4.69) is 35.5 Å². The summed E-state index contributed by atoms with van der Waals surface area (Å²) < 4.78 is 0. The van der Waals surface area contributed by atoms with Gasteiger partial charge in [0.15, 0.2) is 0 Å². The molecule has 0 nitrogen and oxygen atoms in total. The molecule has 0 aromatic rings. The summed E-state index contributed by atoms with van der Waals surface area (Å²) >= 11 is 0. The van der Waals surface area contributed by atoms with Crippen LogP contribution in [0.2, 0.25) is 0 Å². The van der Waals surface area contributed by atoms with E-state index in [1.807, 2.05) is 6.08 Å². The summed E-state index contributed by atoms with van der Waals surface area (Å²) in [7, 11) is 0. The molecule has 0 aromatic heterocycles. The first-order valence-electron chi connectivity index (χ1n) is 6.92. The van der Waals surface area contributed by atoms with Crippen LogP contribution in [0.5, 0.6) is 0 Å². The predicted molar refractivity (Wildman–Crippen MR) is 83.9 cm³/mol. The van der Waals surface area contributed by atoms with Crippen LogP contribution in [-0.2, 0) is 0 Å². The van der Waals surface area contributed by atoms with Crippen molar-refractivity contribution in [1.82, 2.24) is 0 Å². The van der Waals surface area contributed by atoms with Crippen molar-refractivity contribution in [2.75, 3.05) is 0 Å². The number of terminal acetylenes is 2. The summed E-state index contributed by atoms with van der Waals surface area (Å²) in [5, 5.41) is 0. The number of rotatable bonds is 8. The highest BCUT2D eigenvalue weighted by Gasteiger charge is 1.86. The average Bonchev–Trinajstić information content (AvgIpc) is 2.43. The van der Waals surface area contributed by atoms with Gasteiger partial charge in [0, 0.05) is 19.3 Å². The van der Waals surface area contributed by atoms with Crippen molar-refractivity contribution in [3.63, 3.8) is 0 Å². The predicted octanol–water partition coefficient (Wildman–Crippen LogP) is 4.33. The van der Waals surface area contributed by atoms with Gasteiger partial charge in [-0.15, -0.1) is 18.8 Å². The molecule has 0 saturated heterocycles. The van der Waals surface area contributed by atoms with E-state index in [0.717, 1.165) is 44.9 Å². The fourth-order valence-electron chi connectivity index (χ4n) is 1.47. The first-order valence-corrected chi connectivity index (χ1v) is 6.92. The molecular weight excluding hydrogens is 228 g/mol. The molecule has 0 aliphatic heterocycles. The number of unbranched alkanes of at least 4 members (excludes halogenated alkanes) is 7. The molecule has 0 heteroatoms. The minimum atomic E-state index is 0.885. The summed E-state index contributed by atoms with van der Waals surface area (Å²) in [6.07, 6.45) is 23.5. The quantitative estimate of drug-likeness (QED) is 0.444. The van der Waals surface area contributed by atoms with Crippen molar-refractivity contribution in [2.45, 2.75) is 57.8 Å². The molecule has 0 amide bonds. The molecule has 0 rings (SSSR count). The number of allylic oxidation sites excluding steroid dienone is 2. The van der Waals surface area contributed by atoms with E-state index in [0.29, 0.717) is 0 Å². The van der Waals surface area contributed by atoms with E-state index in [1.165, 1.54) is 12.8 Å². The minimum Gasteiger partial charge on any atom is -0.120 e. The Morgan fingerprint density at radius 1 is 0.737 bits per heavy atom. The Hall–Kier alpha value is -2.02. The van der Waals surface area contributed by atoms with Gasteiger partial charge in [0.25, 0.3) is 0 Å². The van der Waals surface area contributed by atoms with Gasteiger partial charge >= 0.3 is 0 Å². The molecule has 0 atom stereocenters. The Labute approximate surface area is 119 Å². The topological polar surface area (TPSA) is 0 Å². The number of hydrogen-bond acceptors (Lipinski definition) is 0. The fourth-order valence-corrected chi connectivity index (χ4v) is 1.47. The lowest BCUT2D eigenvalue weighted by molar-refractivity contribution is 0.661. The van der Waals surface area contributed by atoms with E-state index in [-0.39, 0.29) is 0 Å². The summed E-state index contributed by atoms with van der Waals surface area (Å²) in [6, 6.07) is 0. The molecular formula is C19H22. The van der Waals surface area contributed by atoms with Crippen LogP contribution >= 0.6 is 0 Å². The highest BCUT2D eigenvalue weighted by Crippen LogP contribution is 2.03. The van der Waals surface area contributed by atoms with Gasteiger partial charge < -0.3 is 0 Å². The molecule has 0 aliphatic rings. The molecule has 0 unspecified atom stereocenters. The monoisotopic (exact) mass is 250 g/mol. The SMILES string of the molecule is C#C/C=C\CCCC#CC#CCCCCCCC#C. The Morgan fingerprint density at radius 2 is 1.37 bits per heavy atom. The smallest absolute Gasteiger partial charge is 0.0102 e. The molecule has 0 radical (unpaired) electrons. The van der Waals surface area contributed by atoms with Crippen molar-refractivity contribution in [2.24, 2.45) is 0 Å². The molecule has 0 aromatic carbocycles. The van der Waals surface area contributed by atoms with Crippen molar-refractivity contribution in [3.8, 4) is 48.4 Å². The van der Waals surface area contributed by atoms with Crippen LogP contribution in [0, 0.1) is 48.4 Å². The molecule has 0 saturated carbocycles. The Bertz CT molecular complexity index is 429. The number of hydrogen-bond donors (Lipinski definition) is 0. The lowest BCUT2D eigenvalue weighted by Crippen LogP contribution is -1.76. The van der Waals surface area contributed by atoms with Gasteiger partial charge in [0.05, 0.1) is 0 Å². The standard InChI is InChI=1S/C19H22/c1-3-5-7-9-11-13-15-17-19-18-16-14-12-10-8-6-4-2/h1-2,5,7H,6,8-14,16H2/b7-5-. The van der Waals surface area contributed by atoms with Crippen LogP contribution in [0.3, 0.4) is 0 Å². The van der Waals surface area contributed by atoms with Crippen LogP contribution in [0.4, 0.5) is 0 Å². The zero-order valence-corrected chi connectivity index (χ0v) is 11.7. The molecule has 98 valence electrons. The van der Waals surface area contributed by atoms with Crippen LogP contribution in [-0.4, -0.2) is 0 Å². The summed E-state index contributed by atoms with van der Waals surface area (Å²) in [5.74, 6) is 17.0. The van der Waals surface area contributed by atoms with Crippen LogP contribution in [0.15, 0.2) is 12.2 Å². The van der Waals surface area contributed by atoms with E-state index >= 15 is 0 Å². The highest BCUT2D eigenvalue weighted by atomic mass is 13.9. The Morgan fingerprint density at radius 3 is 2.00 bits per heavy atom. The maximum Gasteiger partial charge on any atom is 0.0102 e. The zero-order valence-electron chi connectivity index (χ0n) is 11.7. The maximum absolute atomic E-state index is 5.18. The Kier molecular flexibility index (Phi) is 14.3. The molecule has 19 heavy (non-hydrogen) atoms. The third kappa shape index (κ3) is 16.0. The van der Waals surface area contributed by atoms with Gasteiger partial charge in [-0.2, -0.15) is 0 Å². The van der Waals surface area contributed by atoms with E-state index in [9.17, 15) is 0 Å². The first-order chi connectivity index (χ1) is 9.41. The fraction of sp³-hybridized carbons (Fsp3) is 0.474. The van der Waals surface area contributed by atoms with Gasteiger partial charge in [-0.25, -0.2) is 0 Å². The van der Waals surface area contributed by atoms with Crippen LogP contribution in [0.25, 0.3) is 0 Å². The van der Waals surface area contributed by atoms with Gasteiger partial charge in [-0.05, 0) is 43.6 Å². The molecule has 0 heterocycles. The molecule has 0 bridgehead atoms. The highest BCUT2D eigenvalue weighted by molar-refractivity contribution is 5.25. The summed E-state index contributed by atoms with van der Waals surface area (Å²) in [4.78, 5) is 0. The van der Waals surface area contributed by atoms with E-state index in [4.69, 9.17) is 12.8 Å². The normalized spacial score (nSPS) is 8.74. The van der Waals surface area contributed by atoms with Crippen molar-refractivity contribution in [3.05, 3.63) is 12.2 Å². The Balaban J connectivity index is 3.37. The largest absolute Gasteiger partial charge is 0.120 e. The first kappa shape index (κ1) is 17.0. The van der Waals surface area contributed by atoms with E-state index < -0.39 is 0 Å². The maximum atomic E-state index is 5.18. The minimum absolute atomic E-state index is 0.885. The van der Waals surface area contributed by atoms with Gasteiger partial charge in [0.2, 0.25) is 0 Å². The summed E-state index contributed by atoms with van der Waals surface area (Å²) in [5.41, 5.74) is 0. The lowest BCUT2D eigenvalue weighted by Gasteiger charge is -1.93. The van der Waals surface area contributed by atoms with Crippen molar-refractivity contribution >= 4 is 0 Å². The molecule has 0 fully saturated rings. The van der Waals surface area contributed by atoms with Gasteiger partial charge in [0.1, 0.15) is 0 Å². The van der Waals surface area contributed by atoms with E-state index in [1.54, 1.807) is 6.08 Å². The summed E-state index contributed by atoms with van der Waals surface area (Å²) in [6.45, 7) is 0. The van der Waals surface area contributed by atoms with Gasteiger partial charge in [-0.3, -0.25) is 0 Å². The van der Waals surface area contributed by atoms with Gasteiger partial charge in [-0.1, -0.05) is 36.7 Å². The zero-order chi connectivity index (χ0) is 14.0. The lowest BCUT2D eigenvalue weighted by atomic mass is 10.1. The van der Waals surface area contributed by atoms with Crippen molar-refractivity contribution in [1.29, 1.82) is 0 Å². The second-order valence-corrected chi connectivity index (χ2v) is 4.18. The van der Waals surface area contributed by atoms with Crippen LogP contribution < -0.4 is 0 Å². The molecule has 0 spiro atoms. The third-order valence-electron chi connectivity index (χ3n) is 2.50. The second kappa shape index (κ2) is 16.0. The second-order valence-electron chi connectivity index (χ2n) is 4.18. The average molecular weight is 250 g/mol. The third-order valence-corrected chi connectivity index (χ3v) is 2.50.